The maximum atomic E-state index is 10.6. The molecule has 0 bridgehead atoms. The van der Waals surface area contributed by atoms with E-state index in [1.54, 1.807) is 11.1 Å². The quantitative estimate of drug-likeness (QED) is 0.692. The second-order valence-corrected chi connectivity index (χ2v) is 10.0. The molecule has 1 aromatic carbocycles. The van der Waals surface area contributed by atoms with Crippen molar-refractivity contribution in [3.63, 3.8) is 0 Å². The van der Waals surface area contributed by atoms with E-state index in [0.29, 0.717) is 5.41 Å². The van der Waals surface area contributed by atoms with Gasteiger partial charge in [-0.25, -0.2) is 4.79 Å². The normalized spacial score (nSPS) is 22.0. The van der Waals surface area contributed by atoms with Crippen molar-refractivity contribution in [2.75, 3.05) is 39.4 Å². The first-order chi connectivity index (χ1) is 15.6. The van der Waals surface area contributed by atoms with Crippen molar-refractivity contribution < 1.29 is 27.8 Å². The Hall–Kier alpha value is -1.64. The van der Waals surface area contributed by atoms with Gasteiger partial charge in [-0.1, -0.05) is 38.1 Å². The second kappa shape index (κ2) is 11.2. The summed E-state index contributed by atoms with van der Waals surface area (Å²) in [5, 5.41) is 7.12. The molecular weight excluding hydrogens is 433 g/mol. The molecule has 186 valence electrons. The summed E-state index contributed by atoms with van der Waals surface area (Å²) >= 11 is 0. The zero-order valence-corrected chi connectivity index (χ0v) is 19.7. The Morgan fingerprint density at radius 1 is 1.18 bits per heavy atom. The summed E-state index contributed by atoms with van der Waals surface area (Å²) in [4.78, 5) is 14.4. The highest BCUT2D eigenvalue weighted by Gasteiger charge is 2.42. The van der Waals surface area contributed by atoms with Gasteiger partial charge in [-0.2, -0.15) is 13.2 Å². The smallest absolute Gasteiger partial charge is 0.475 e. The molecule has 0 radical (unpaired) electrons. The maximum absolute atomic E-state index is 10.6. The number of carboxylic acid groups (broad SMARTS) is 1. The topological polar surface area (TPSA) is 53.0 Å². The van der Waals surface area contributed by atoms with Crippen LogP contribution in [0.2, 0.25) is 0 Å². The lowest BCUT2D eigenvalue weighted by atomic mass is 9.68. The van der Waals surface area contributed by atoms with Crippen molar-refractivity contribution >= 4 is 5.97 Å². The van der Waals surface area contributed by atoms with Gasteiger partial charge < -0.3 is 14.7 Å². The third-order valence-corrected chi connectivity index (χ3v) is 7.24. The monoisotopic (exact) mass is 470 g/mol. The van der Waals surface area contributed by atoms with Crippen LogP contribution in [0.3, 0.4) is 0 Å². The van der Waals surface area contributed by atoms with Crippen LogP contribution in [-0.2, 0) is 21.5 Å². The average molecular weight is 471 g/mol. The summed E-state index contributed by atoms with van der Waals surface area (Å²) in [6, 6.07) is 10.1. The highest BCUT2D eigenvalue weighted by Crippen LogP contribution is 2.42. The van der Waals surface area contributed by atoms with E-state index in [-0.39, 0.29) is 0 Å². The van der Waals surface area contributed by atoms with Gasteiger partial charge in [0.05, 0.1) is 0 Å². The highest BCUT2D eigenvalue weighted by atomic mass is 19.4. The number of likely N-dealkylation sites (tertiary alicyclic amines) is 1. The number of fused-ring (bicyclic) bond motifs is 2. The van der Waals surface area contributed by atoms with Crippen LogP contribution >= 0.6 is 0 Å². The number of rotatable bonds is 4. The molecule has 33 heavy (non-hydrogen) atoms. The molecule has 0 amide bonds. The van der Waals surface area contributed by atoms with E-state index < -0.39 is 12.1 Å². The number of aliphatic carboxylic acids is 1. The number of carboxylic acids is 1. The Labute approximate surface area is 194 Å². The van der Waals surface area contributed by atoms with Crippen LogP contribution < -0.4 is 0 Å². The molecule has 0 saturated carbocycles. The minimum Gasteiger partial charge on any atom is -0.475 e. The summed E-state index contributed by atoms with van der Waals surface area (Å²) in [5.41, 5.74) is 3.63. The van der Waals surface area contributed by atoms with Crippen LogP contribution in [0.4, 0.5) is 13.2 Å². The van der Waals surface area contributed by atoms with Crippen molar-refractivity contribution in [3.05, 3.63) is 35.4 Å². The summed E-state index contributed by atoms with van der Waals surface area (Å²) in [6.45, 7) is 12.8. The van der Waals surface area contributed by atoms with Crippen LogP contribution in [0.5, 0.6) is 0 Å². The van der Waals surface area contributed by atoms with E-state index in [1.807, 2.05) is 0 Å². The SMILES string of the molecule is CC(C)CCN1Cc2ccccc2C2(CCN(C3CCOCC3)CC2)C1.O=C(O)C(F)(F)F. The van der Waals surface area contributed by atoms with Gasteiger partial charge in [0, 0.05) is 37.8 Å². The van der Waals surface area contributed by atoms with Crippen molar-refractivity contribution in [2.45, 2.75) is 70.1 Å². The molecule has 1 aromatic rings. The van der Waals surface area contributed by atoms with E-state index in [9.17, 15) is 13.2 Å². The summed E-state index contributed by atoms with van der Waals surface area (Å²) in [6.07, 6.45) is 1.32. The lowest BCUT2D eigenvalue weighted by Gasteiger charge is -2.50. The van der Waals surface area contributed by atoms with E-state index in [4.69, 9.17) is 14.6 Å². The number of alkyl halides is 3. The molecule has 4 rings (SSSR count). The largest absolute Gasteiger partial charge is 0.490 e. The first kappa shape index (κ1) is 26.0. The van der Waals surface area contributed by atoms with Crippen molar-refractivity contribution in [1.29, 1.82) is 0 Å². The molecule has 3 aliphatic heterocycles. The number of carbonyl (C=O) groups is 1. The Kier molecular flexibility index (Phi) is 8.81. The predicted octanol–water partition coefficient (Wildman–Crippen LogP) is 4.69. The highest BCUT2D eigenvalue weighted by molar-refractivity contribution is 5.73. The number of hydrogen-bond donors (Lipinski definition) is 1. The van der Waals surface area contributed by atoms with Gasteiger partial charge >= 0.3 is 12.1 Å². The molecule has 3 aliphatic rings. The number of nitrogens with zero attached hydrogens (tertiary/aromatic N) is 2. The van der Waals surface area contributed by atoms with Crippen molar-refractivity contribution in [1.82, 2.24) is 9.80 Å². The average Bonchev–Trinajstić information content (AvgIpc) is 2.79. The lowest BCUT2D eigenvalue weighted by Crippen LogP contribution is -2.54. The fraction of sp³-hybridized carbons (Fsp3) is 0.720. The van der Waals surface area contributed by atoms with Crippen LogP contribution in [0.1, 0.15) is 57.1 Å². The zero-order chi connectivity index (χ0) is 24.1. The van der Waals surface area contributed by atoms with Gasteiger partial charge in [-0.3, -0.25) is 4.90 Å². The van der Waals surface area contributed by atoms with E-state index in [0.717, 1.165) is 31.7 Å². The summed E-state index contributed by atoms with van der Waals surface area (Å²) < 4.78 is 37.3. The number of benzene rings is 1. The molecule has 0 atom stereocenters. The Balaban J connectivity index is 0.000000383. The van der Waals surface area contributed by atoms with Gasteiger partial charge in [-0.05, 0) is 68.8 Å². The minimum absolute atomic E-state index is 0.382. The number of ether oxygens (including phenoxy) is 1. The molecule has 2 fully saturated rings. The molecule has 0 aliphatic carbocycles. The van der Waals surface area contributed by atoms with Crippen molar-refractivity contribution in [2.24, 2.45) is 5.92 Å². The third-order valence-electron chi connectivity index (χ3n) is 7.24. The Morgan fingerprint density at radius 3 is 2.36 bits per heavy atom. The van der Waals surface area contributed by atoms with E-state index in [2.05, 4.69) is 47.9 Å². The molecule has 8 heteroatoms. The van der Waals surface area contributed by atoms with Gasteiger partial charge in [-0.15, -0.1) is 0 Å². The Bertz CT molecular complexity index is 770. The van der Waals surface area contributed by atoms with E-state index >= 15 is 0 Å². The van der Waals surface area contributed by atoms with Gasteiger partial charge in [0.1, 0.15) is 0 Å². The van der Waals surface area contributed by atoms with Crippen LogP contribution in [-0.4, -0.2) is 72.5 Å². The van der Waals surface area contributed by atoms with Crippen LogP contribution in [0, 0.1) is 5.92 Å². The zero-order valence-electron chi connectivity index (χ0n) is 19.7. The van der Waals surface area contributed by atoms with Crippen LogP contribution in [0.25, 0.3) is 0 Å². The molecule has 0 unspecified atom stereocenters. The molecule has 3 heterocycles. The fourth-order valence-electron chi connectivity index (χ4n) is 5.38. The van der Waals surface area contributed by atoms with Gasteiger partial charge in [0.15, 0.2) is 0 Å². The second-order valence-electron chi connectivity index (χ2n) is 10.0. The number of hydrogen-bond acceptors (Lipinski definition) is 4. The number of halogens is 3. The first-order valence-corrected chi connectivity index (χ1v) is 12.0. The maximum Gasteiger partial charge on any atom is 0.490 e. The molecular formula is C25H37F3N2O3. The number of piperidine rings is 1. The van der Waals surface area contributed by atoms with E-state index in [1.165, 1.54) is 58.3 Å². The molecule has 0 aromatic heterocycles. The minimum atomic E-state index is -5.08. The summed E-state index contributed by atoms with van der Waals surface area (Å²) in [7, 11) is 0. The molecule has 1 N–H and O–H groups in total. The summed E-state index contributed by atoms with van der Waals surface area (Å²) in [5.74, 6) is -1.97. The third kappa shape index (κ3) is 6.93. The van der Waals surface area contributed by atoms with Gasteiger partial charge in [0.2, 0.25) is 0 Å². The molecule has 2 saturated heterocycles. The molecule has 1 spiro atoms. The molecule has 5 nitrogen and oxygen atoms in total. The predicted molar refractivity (Wildman–Crippen MR) is 121 cm³/mol. The first-order valence-electron chi connectivity index (χ1n) is 12.0. The standard InChI is InChI=1S/C23H36N2O.C2HF3O2/c1-19(2)7-12-24-17-20-5-3-4-6-22(20)23(18-24)10-13-25(14-11-23)21-8-15-26-16-9-21;3-2(4,5)1(6)7/h3-6,19,21H,7-18H2,1-2H3;(H,6,7). The Morgan fingerprint density at radius 2 is 1.79 bits per heavy atom. The lowest BCUT2D eigenvalue weighted by molar-refractivity contribution is -0.192. The van der Waals surface area contributed by atoms with Crippen LogP contribution in [0.15, 0.2) is 24.3 Å². The van der Waals surface area contributed by atoms with Crippen molar-refractivity contribution in [3.8, 4) is 0 Å². The van der Waals surface area contributed by atoms with Gasteiger partial charge in [0.25, 0.3) is 0 Å². The fourth-order valence-corrected chi connectivity index (χ4v) is 5.38.